The first-order valence-corrected chi connectivity index (χ1v) is 6.49. The van der Waals surface area contributed by atoms with E-state index in [1.54, 1.807) is 12.1 Å². The predicted molar refractivity (Wildman–Crippen MR) is 70.7 cm³/mol. The lowest BCUT2D eigenvalue weighted by Gasteiger charge is -2.16. The van der Waals surface area contributed by atoms with Crippen molar-refractivity contribution in [1.82, 2.24) is 5.32 Å². The van der Waals surface area contributed by atoms with Crippen molar-refractivity contribution < 1.29 is 27.4 Å². The van der Waals surface area contributed by atoms with Gasteiger partial charge in [0, 0.05) is 12.6 Å². The molecule has 118 valence electrons. The van der Waals surface area contributed by atoms with Crippen molar-refractivity contribution in [1.29, 1.82) is 0 Å². The Morgan fingerprint density at radius 2 is 1.90 bits per heavy atom. The molecule has 0 heterocycles. The molecule has 0 aromatic heterocycles. The van der Waals surface area contributed by atoms with E-state index in [1.807, 2.05) is 6.92 Å². The van der Waals surface area contributed by atoms with E-state index in [2.05, 4.69) is 14.8 Å². The minimum atomic E-state index is -4.69. The van der Waals surface area contributed by atoms with Gasteiger partial charge in [0.2, 0.25) is 0 Å². The maximum atomic E-state index is 12.0. The number of carbonyl (C=O) groups is 1. The summed E-state index contributed by atoms with van der Waals surface area (Å²) >= 11 is 0. The molecule has 0 spiro atoms. The number of halogens is 3. The van der Waals surface area contributed by atoms with Crippen molar-refractivity contribution in [3.8, 4) is 5.75 Å². The highest BCUT2D eigenvalue weighted by Crippen LogP contribution is 2.22. The zero-order valence-electron chi connectivity index (χ0n) is 11.9. The molecule has 4 nitrogen and oxygen atoms in total. The van der Waals surface area contributed by atoms with Gasteiger partial charge in [-0.1, -0.05) is 19.1 Å². The molecule has 1 atom stereocenters. The summed E-state index contributed by atoms with van der Waals surface area (Å²) in [5.74, 6) is -0.559. The molecule has 0 bridgehead atoms. The third-order valence-corrected chi connectivity index (χ3v) is 2.89. The van der Waals surface area contributed by atoms with Gasteiger partial charge in [0.25, 0.3) is 0 Å². The van der Waals surface area contributed by atoms with Crippen molar-refractivity contribution in [2.24, 2.45) is 0 Å². The number of hydrogen-bond acceptors (Lipinski definition) is 4. The summed E-state index contributed by atoms with van der Waals surface area (Å²) in [6, 6.07) is 5.55. The molecule has 0 aliphatic heterocycles. The largest absolute Gasteiger partial charge is 0.573 e. The summed E-state index contributed by atoms with van der Waals surface area (Å²) in [6.07, 6.45) is -3.69. The number of nitrogens with one attached hydrogen (secondary N) is 1. The summed E-state index contributed by atoms with van der Waals surface area (Å²) in [4.78, 5) is 11.2. The zero-order valence-corrected chi connectivity index (χ0v) is 11.9. The van der Waals surface area contributed by atoms with Crippen LogP contribution in [0.1, 0.15) is 25.3 Å². The van der Waals surface area contributed by atoms with E-state index in [1.165, 1.54) is 19.2 Å². The summed E-state index contributed by atoms with van der Waals surface area (Å²) in [5, 5.41) is 3.15. The van der Waals surface area contributed by atoms with Gasteiger partial charge >= 0.3 is 12.3 Å². The zero-order chi connectivity index (χ0) is 15.9. The van der Waals surface area contributed by atoms with Gasteiger partial charge < -0.3 is 14.8 Å². The highest BCUT2D eigenvalue weighted by atomic mass is 19.4. The van der Waals surface area contributed by atoms with Crippen LogP contribution in [0.15, 0.2) is 24.3 Å². The molecule has 1 aromatic rings. The van der Waals surface area contributed by atoms with Crippen LogP contribution in [0.25, 0.3) is 0 Å². The number of carbonyl (C=O) groups excluding carboxylic acids is 1. The van der Waals surface area contributed by atoms with Crippen molar-refractivity contribution in [2.45, 2.75) is 38.7 Å². The van der Waals surface area contributed by atoms with Crippen LogP contribution in [0, 0.1) is 0 Å². The van der Waals surface area contributed by atoms with Crippen LogP contribution < -0.4 is 10.1 Å². The fraction of sp³-hybridized carbons (Fsp3) is 0.500. The van der Waals surface area contributed by atoms with Gasteiger partial charge in [0.1, 0.15) is 5.75 Å². The van der Waals surface area contributed by atoms with Crippen molar-refractivity contribution in [3.05, 3.63) is 29.8 Å². The minimum Gasteiger partial charge on any atom is -0.469 e. The van der Waals surface area contributed by atoms with Crippen LogP contribution in [-0.4, -0.2) is 25.5 Å². The standard InChI is InChI=1S/C14H18F3NO3/c1-3-11(8-13(19)20-2)18-9-10-4-6-12(7-5-10)21-14(15,16)17/h4-7,11,18H,3,8-9H2,1-2H3. The lowest BCUT2D eigenvalue weighted by Crippen LogP contribution is -2.30. The van der Waals surface area contributed by atoms with Crippen LogP contribution in [0.3, 0.4) is 0 Å². The number of alkyl halides is 3. The molecule has 0 amide bonds. The highest BCUT2D eigenvalue weighted by molar-refractivity contribution is 5.69. The SMILES string of the molecule is CCC(CC(=O)OC)NCc1ccc(OC(F)(F)F)cc1. The third kappa shape index (κ3) is 6.99. The number of benzene rings is 1. The molecular formula is C14H18F3NO3. The number of ether oxygens (including phenoxy) is 2. The predicted octanol–water partition coefficient (Wildman–Crippen LogP) is 3.02. The summed E-state index contributed by atoms with van der Waals surface area (Å²) in [7, 11) is 1.33. The van der Waals surface area contributed by atoms with Gasteiger partial charge in [-0.15, -0.1) is 13.2 Å². The normalized spacial score (nSPS) is 12.8. The Balaban J connectivity index is 2.49. The van der Waals surface area contributed by atoms with Crippen LogP contribution in [0.5, 0.6) is 5.75 Å². The first kappa shape index (κ1) is 17.3. The Morgan fingerprint density at radius 1 is 1.29 bits per heavy atom. The molecule has 21 heavy (non-hydrogen) atoms. The van der Waals surface area contributed by atoms with Crippen molar-refractivity contribution in [2.75, 3.05) is 7.11 Å². The second kappa shape index (κ2) is 7.87. The topological polar surface area (TPSA) is 47.6 Å². The van der Waals surface area contributed by atoms with Gasteiger partial charge in [-0.25, -0.2) is 0 Å². The van der Waals surface area contributed by atoms with E-state index in [9.17, 15) is 18.0 Å². The number of hydrogen-bond donors (Lipinski definition) is 1. The van der Waals surface area contributed by atoms with E-state index in [0.717, 1.165) is 12.0 Å². The second-order valence-electron chi connectivity index (χ2n) is 4.46. The Labute approximate surface area is 121 Å². The Kier molecular flexibility index (Phi) is 6.48. The van der Waals surface area contributed by atoms with Gasteiger partial charge in [0.05, 0.1) is 13.5 Å². The van der Waals surface area contributed by atoms with E-state index < -0.39 is 6.36 Å². The molecule has 0 aliphatic carbocycles. The van der Waals surface area contributed by atoms with Gasteiger partial charge in [-0.05, 0) is 24.1 Å². The van der Waals surface area contributed by atoms with E-state index in [0.29, 0.717) is 6.54 Å². The van der Waals surface area contributed by atoms with E-state index >= 15 is 0 Å². The van der Waals surface area contributed by atoms with Crippen LogP contribution >= 0.6 is 0 Å². The Morgan fingerprint density at radius 3 is 2.38 bits per heavy atom. The monoisotopic (exact) mass is 305 g/mol. The Hall–Kier alpha value is -1.76. The first-order chi connectivity index (χ1) is 9.84. The molecule has 0 aliphatic rings. The lowest BCUT2D eigenvalue weighted by molar-refractivity contribution is -0.274. The van der Waals surface area contributed by atoms with Gasteiger partial charge in [0.15, 0.2) is 0 Å². The second-order valence-corrected chi connectivity index (χ2v) is 4.46. The van der Waals surface area contributed by atoms with Crippen molar-refractivity contribution in [3.63, 3.8) is 0 Å². The van der Waals surface area contributed by atoms with Crippen LogP contribution in [-0.2, 0) is 16.1 Å². The van der Waals surface area contributed by atoms with Gasteiger partial charge in [-0.2, -0.15) is 0 Å². The molecule has 0 radical (unpaired) electrons. The molecule has 7 heteroatoms. The van der Waals surface area contributed by atoms with Crippen molar-refractivity contribution >= 4 is 5.97 Å². The molecule has 0 saturated heterocycles. The molecule has 1 N–H and O–H groups in total. The molecule has 1 rings (SSSR count). The fourth-order valence-corrected chi connectivity index (χ4v) is 1.72. The highest BCUT2D eigenvalue weighted by Gasteiger charge is 2.30. The number of rotatable bonds is 7. The van der Waals surface area contributed by atoms with Crippen LogP contribution in [0.4, 0.5) is 13.2 Å². The van der Waals surface area contributed by atoms with E-state index in [4.69, 9.17) is 0 Å². The quantitative estimate of drug-likeness (QED) is 0.787. The average Bonchev–Trinajstić information content (AvgIpc) is 2.43. The first-order valence-electron chi connectivity index (χ1n) is 6.49. The molecule has 0 saturated carbocycles. The van der Waals surface area contributed by atoms with E-state index in [-0.39, 0.29) is 24.2 Å². The lowest BCUT2D eigenvalue weighted by atomic mass is 10.1. The van der Waals surface area contributed by atoms with Gasteiger partial charge in [-0.3, -0.25) is 4.79 Å². The summed E-state index contributed by atoms with van der Waals surface area (Å²) < 4.78 is 44.4. The summed E-state index contributed by atoms with van der Waals surface area (Å²) in [6.45, 7) is 2.38. The Bertz CT molecular complexity index is 446. The molecule has 1 unspecified atom stereocenters. The number of methoxy groups -OCH3 is 1. The molecule has 1 aromatic carbocycles. The third-order valence-electron chi connectivity index (χ3n) is 2.89. The van der Waals surface area contributed by atoms with Crippen LogP contribution in [0.2, 0.25) is 0 Å². The molecular weight excluding hydrogens is 287 g/mol. The molecule has 0 fully saturated rings. The maximum Gasteiger partial charge on any atom is 0.573 e. The summed E-state index contributed by atoms with van der Waals surface area (Å²) in [5.41, 5.74) is 0.799. The smallest absolute Gasteiger partial charge is 0.469 e. The maximum absolute atomic E-state index is 12.0. The average molecular weight is 305 g/mol. The fourth-order valence-electron chi connectivity index (χ4n) is 1.72. The number of esters is 1. The minimum absolute atomic E-state index is 0.0384.